The van der Waals surface area contributed by atoms with Crippen LogP contribution in [0.3, 0.4) is 0 Å². The molecule has 1 atom stereocenters. The highest BCUT2D eigenvalue weighted by Gasteiger charge is 2.27. The van der Waals surface area contributed by atoms with Crippen molar-refractivity contribution in [3.8, 4) is 22.9 Å². The van der Waals surface area contributed by atoms with Crippen molar-refractivity contribution < 1.29 is 18.8 Å². The van der Waals surface area contributed by atoms with Gasteiger partial charge in [0.15, 0.2) is 11.5 Å². The second-order valence-electron chi connectivity index (χ2n) is 8.46. The van der Waals surface area contributed by atoms with E-state index < -0.39 is 0 Å². The number of hydrogen-bond donors (Lipinski definition) is 1. The van der Waals surface area contributed by atoms with Gasteiger partial charge in [-0.2, -0.15) is 4.98 Å². The van der Waals surface area contributed by atoms with Gasteiger partial charge in [-0.15, -0.1) is 0 Å². The number of nitrogens with one attached hydrogen (secondary N) is 1. The molecule has 1 N–H and O–H groups in total. The predicted octanol–water partition coefficient (Wildman–Crippen LogP) is 4.82. The molecule has 186 valence electrons. The van der Waals surface area contributed by atoms with Crippen LogP contribution in [0, 0.1) is 5.92 Å². The first-order valence-corrected chi connectivity index (χ1v) is 12.8. The predicted molar refractivity (Wildman–Crippen MR) is 136 cm³/mol. The van der Waals surface area contributed by atoms with Crippen LogP contribution in [0.2, 0.25) is 0 Å². The van der Waals surface area contributed by atoms with E-state index in [9.17, 15) is 4.79 Å². The summed E-state index contributed by atoms with van der Waals surface area (Å²) in [6.07, 6.45) is 1.81. The molecule has 1 amide bonds. The molecule has 1 aromatic heterocycles. The van der Waals surface area contributed by atoms with E-state index in [0.717, 1.165) is 40.7 Å². The number of piperidine rings is 1. The van der Waals surface area contributed by atoms with Crippen LogP contribution >= 0.6 is 15.9 Å². The van der Waals surface area contributed by atoms with Crippen molar-refractivity contribution in [2.24, 2.45) is 5.92 Å². The van der Waals surface area contributed by atoms with Crippen molar-refractivity contribution in [2.75, 3.05) is 26.3 Å². The van der Waals surface area contributed by atoms with E-state index in [0.29, 0.717) is 50.3 Å². The number of aromatic nitrogens is 2. The highest BCUT2D eigenvalue weighted by atomic mass is 79.9. The summed E-state index contributed by atoms with van der Waals surface area (Å²) < 4.78 is 17.8. The Morgan fingerprint density at radius 2 is 1.91 bits per heavy atom. The molecule has 1 aliphatic rings. The van der Waals surface area contributed by atoms with Crippen molar-refractivity contribution in [1.82, 2.24) is 20.4 Å². The average Bonchev–Trinajstić information content (AvgIpc) is 3.33. The molecule has 4 rings (SSSR count). The zero-order valence-corrected chi connectivity index (χ0v) is 21.7. The lowest BCUT2D eigenvalue weighted by molar-refractivity contribution is -0.127. The number of likely N-dealkylation sites (tertiary alicyclic amines) is 1. The third-order valence-corrected chi connectivity index (χ3v) is 6.41. The molecule has 1 fully saturated rings. The van der Waals surface area contributed by atoms with Gasteiger partial charge in [0.05, 0.1) is 25.7 Å². The van der Waals surface area contributed by atoms with Gasteiger partial charge >= 0.3 is 0 Å². The van der Waals surface area contributed by atoms with Crippen LogP contribution < -0.4 is 14.8 Å². The van der Waals surface area contributed by atoms with E-state index in [2.05, 4.69) is 36.3 Å². The van der Waals surface area contributed by atoms with E-state index in [1.807, 2.05) is 56.3 Å². The Morgan fingerprint density at radius 1 is 1.14 bits per heavy atom. The molecular weight excluding hydrogens is 512 g/mol. The second-order valence-corrected chi connectivity index (χ2v) is 9.37. The Kier molecular flexibility index (Phi) is 8.76. The lowest BCUT2D eigenvalue weighted by Crippen LogP contribution is -2.42. The lowest BCUT2D eigenvalue weighted by Gasteiger charge is -2.30. The van der Waals surface area contributed by atoms with Crippen molar-refractivity contribution in [2.45, 2.75) is 39.8 Å². The number of carbonyl (C=O) groups is 1. The van der Waals surface area contributed by atoms with Crippen LogP contribution in [0.15, 0.2) is 51.5 Å². The zero-order valence-electron chi connectivity index (χ0n) is 20.1. The topological polar surface area (TPSA) is 89.7 Å². The quantitative estimate of drug-likeness (QED) is 0.392. The fourth-order valence-electron chi connectivity index (χ4n) is 4.18. The maximum atomic E-state index is 12.9. The molecule has 3 aromatic rings. The summed E-state index contributed by atoms with van der Waals surface area (Å²) in [5.41, 5.74) is 1.88. The van der Waals surface area contributed by atoms with E-state index >= 15 is 0 Å². The molecule has 0 spiro atoms. The number of amides is 1. The SMILES string of the molecule is CCOc1ccc(CNC(=O)C2CCCN(Cc3nc(-c4ccc(Br)cc4)no3)C2)cc1OCC. The number of hydrogen-bond acceptors (Lipinski definition) is 7. The van der Waals surface area contributed by atoms with Crippen LogP contribution in [-0.4, -0.2) is 47.3 Å². The Balaban J connectivity index is 1.31. The van der Waals surface area contributed by atoms with E-state index in [1.54, 1.807) is 0 Å². The molecule has 1 unspecified atom stereocenters. The maximum absolute atomic E-state index is 12.9. The number of rotatable bonds is 10. The van der Waals surface area contributed by atoms with Crippen molar-refractivity contribution in [3.63, 3.8) is 0 Å². The van der Waals surface area contributed by atoms with Gasteiger partial charge in [0.25, 0.3) is 0 Å². The van der Waals surface area contributed by atoms with Gasteiger partial charge in [0.1, 0.15) is 0 Å². The summed E-state index contributed by atoms with van der Waals surface area (Å²) in [6.45, 7) is 7.55. The van der Waals surface area contributed by atoms with E-state index in [-0.39, 0.29) is 11.8 Å². The Hall–Kier alpha value is -2.91. The molecule has 0 aliphatic carbocycles. The van der Waals surface area contributed by atoms with Gasteiger partial charge in [-0.1, -0.05) is 27.2 Å². The van der Waals surface area contributed by atoms with Gasteiger partial charge in [0, 0.05) is 23.1 Å². The van der Waals surface area contributed by atoms with Crippen LogP contribution in [-0.2, 0) is 17.9 Å². The van der Waals surface area contributed by atoms with Crippen LogP contribution in [0.25, 0.3) is 11.4 Å². The first kappa shape index (κ1) is 25.2. The zero-order chi connectivity index (χ0) is 24.6. The molecule has 0 saturated carbocycles. The second kappa shape index (κ2) is 12.2. The largest absolute Gasteiger partial charge is 0.490 e. The Bertz CT molecular complexity index is 1120. The fourth-order valence-corrected chi connectivity index (χ4v) is 4.44. The Labute approximate surface area is 214 Å². The molecule has 9 heteroatoms. The third kappa shape index (κ3) is 6.82. The molecule has 2 aromatic carbocycles. The normalized spacial score (nSPS) is 16.1. The van der Waals surface area contributed by atoms with Gasteiger partial charge in [-0.05, 0) is 75.2 Å². The summed E-state index contributed by atoms with van der Waals surface area (Å²) in [5.74, 6) is 2.53. The first-order chi connectivity index (χ1) is 17.1. The van der Waals surface area contributed by atoms with Crippen molar-refractivity contribution in [3.05, 3.63) is 58.4 Å². The smallest absolute Gasteiger partial charge is 0.241 e. The third-order valence-electron chi connectivity index (χ3n) is 5.88. The molecule has 2 heterocycles. The molecule has 35 heavy (non-hydrogen) atoms. The number of benzene rings is 2. The standard InChI is InChI=1S/C26H31BrN4O4/c1-3-33-22-12-7-18(14-23(22)34-4-2)15-28-26(32)20-6-5-13-31(16-20)17-24-29-25(30-35-24)19-8-10-21(27)11-9-19/h7-12,14,20H,3-6,13,15-17H2,1-2H3,(H,28,32). The minimum atomic E-state index is -0.0772. The van der Waals surface area contributed by atoms with E-state index in [4.69, 9.17) is 14.0 Å². The highest BCUT2D eigenvalue weighted by Crippen LogP contribution is 2.29. The number of ether oxygens (including phenoxy) is 2. The molecular formula is C26H31BrN4O4. The number of halogens is 1. The average molecular weight is 543 g/mol. The van der Waals surface area contributed by atoms with Crippen LogP contribution in [0.4, 0.5) is 0 Å². The van der Waals surface area contributed by atoms with Crippen LogP contribution in [0.1, 0.15) is 38.1 Å². The summed E-state index contributed by atoms with van der Waals surface area (Å²) in [6, 6.07) is 13.6. The number of nitrogens with zero attached hydrogens (tertiary/aromatic N) is 3. The van der Waals surface area contributed by atoms with Gasteiger partial charge in [-0.25, -0.2) is 0 Å². The van der Waals surface area contributed by atoms with Crippen LogP contribution in [0.5, 0.6) is 11.5 Å². The summed E-state index contributed by atoms with van der Waals surface area (Å²) in [5, 5.41) is 7.20. The maximum Gasteiger partial charge on any atom is 0.241 e. The molecule has 0 radical (unpaired) electrons. The van der Waals surface area contributed by atoms with Crippen molar-refractivity contribution in [1.29, 1.82) is 0 Å². The van der Waals surface area contributed by atoms with Gasteiger partial charge in [0.2, 0.25) is 17.6 Å². The molecule has 1 aliphatic heterocycles. The minimum Gasteiger partial charge on any atom is -0.490 e. The fraction of sp³-hybridized carbons (Fsp3) is 0.423. The molecule has 8 nitrogen and oxygen atoms in total. The first-order valence-electron chi connectivity index (χ1n) is 12.0. The van der Waals surface area contributed by atoms with Crippen molar-refractivity contribution >= 4 is 21.8 Å². The van der Waals surface area contributed by atoms with Gasteiger partial charge in [-0.3, -0.25) is 9.69 Å². The Morgan fingerprint density at radius 3 is 2.69 bits per heavy atom. The lowest BCUT2D eigenvalue weighted by atomic mass is 9.97. The summed E-state index contributed by atoms with van der Waals surface area (Å²) in [4.78, 5) is 19.7. The van der Waals surface area contributed by atoms with E-state index in [1.165, 1.54) is 0 Å². The number of carbonyl (C=O) groups excluding carboxylic acids is 1. The minimum absolute atomic E-state index is 0.0580. The highest BCUT2D eigenvalue weighted by molar-refractivity contribution is 9.10. The monoisotopic (exact) mass is 542 g/mol. The summed E-state index contributed by atoms with van der Waals surface area (Å²) >= 11 is 3.43. The molecule has 0 bridgehead atoms. The molecule has 1 saturated heterocycles. The van der Waals surface area contributed by atoms with Gasteiger partial charge < -0.3 is 19.3 Å². The summed E-state index contributed by atoms with van der Waals surface area (Å²) in [7, 11) is 0.